The molecule has 3 atom stereocenters. The summed E-state index contributed by atoms with van der Waals surface area (Å²) in [6, 6.07) is 2.09. The maximum absolute atomic E-state index is 10.4. The van der Waals surface area contributed by atoms with Crippen LogP contribution in [0.4, 0.5) is 0 Å². The second kappa shape index (κ2) is 5.13. The highest BCUT2D eigenvalue weighted by Crippen LogP contribution is 2.40. The van der Waals surface area contributed by atoms with Gasteiger partial charge in [0.25, 0.3) is 0 Å². The van der Waals surface area contributed by atoms with Crippen LogP contribution in [-0.2, 0) is 0 Å². The van der Waals surface area contributed by atoms with Crippen molar-refractivity contribution in [3.63, 3.8) is 0 Å². The number of aliphatic hydroxyl groups is 1. The van der Waals surface area contributed by atoms with Crippen molar-refractivity contribution in [2.45, 2.75) is 30.5 Å². The summed E-state index contributed by atoms with van der Waals surface area (Å²) in [6.45, 7) is 4.31. The van der Waals surface area contributed by atoms with Crippen molar-refractivity contribution in [2.24, 2.45) is 0 Å². The highest BCUT2D eigenvalue weighted by atomic mass is 32.2. The van der Waals surface area contributed by atoms with Gasteiger partial charge in [-0.15, -0.1) is 11.3 Å². The Morgan fingerprint density at radius 1 is 1.40 bits per heavy atom. The smallest absolute Gasteiger partial charge is 0.101 e. The first-order chi connectivity index (χ1) is 7.20. The molecule has 3 unspecified atom stereocenters. The fraction of sp³-hybridized carbons (Fsp3) is 0.636. The number of hydrogen-bond donors (Lipinski definition) is 1. The van der Waals surface area contributed by atoms with Crippen molar-refractivity contribution in [1.82, 2.24) is 0 Å². The highest BCUT2D eigenvalue weighted by Gasteiger charge is 2.31. The summed E-state index contributed by atoms with van der Waals surface area (Å²) in [5.74, 6) is 2.39. The van der Waals surface area contributed by atoms with Gasteiger partial charge >= 0.3 is 0 Å². The summed E-state index contributed by atoms with van der Waals surface area (Å²) in [6.07, 6.45) is -0.280. The molecule has 1 aliphatic heterocycles. The fourth-order valence-corrected chi connectivity index (χ4v) is 5.69. The minimum absolute atomic E-state index is 0.280. The number of aryl methyl sites for hydroxylation is 1. The lowest BCUT2D eigenvalue weighted by molar-refractivity contribution is 0.177. The zero-order valence-corrected chi connectivity index (χ0v) is 11.4. The van der Waals surface area contributed by atoms with Crippen molar-refractivity contribution >= 4 is 34.9 Å². The first-order valence-electron chi connectivity index (χ1n) is 5.15. The van der Waals surface area contributed by atoms with E-state index >= 15 is 0 Å². The molecule has 0 amide bonds. The molecule has 1 fully saturated rings. The Morgan fingerprint density at radius 2 is 2.13 bits per heavy atom. The number of hydrogen-bond acceptors (Lipinski definition) is 4. The Balaban J connectivity index is 2.13. The van der Waals surface area contributed by atoms with Crippen LogP contribution in [0.15, 0.2) is 11.4 Å². The van der Waals surface area contributed by atoms with Crippen LogP contribution in [0.1, 0.15) is 23.5 Å². The molecule has 0 radical (unpaired) electrons. The van der Waals surface area contributed by atoms with E-state index in [0.29, 0.717) is 10.5 Å². The minimum atomic E-state index is -0.280. The second-order valence-electron chi connectivity index (χ2n) is 3.82. The molecule has 1 N–H and O–H groups in total. The van der Waals surface area contributed by atoms with E-state index in [0.717, 1.165) is 4.88 Å². The van der Waals surface area contributed by atoms with E-state index in [1.807, 2.05) is 23.5 Å². The first kappa shape index (κ1) is 11.8. The molecule has 2 rings (SSSR count). The molecule has 1 nitrogen and oxygen atoms in total. The summed E-state index contributed by atoms with van der Waals surface area (Å²) < 4.78 is 0. The van der Waals surface area contributed by atoms with Crippen LogP contribution < -0.4 is 0 Å². The third-order valence-corrected chi connectivity index (χ3v) is 6.99. The minimum Gasteiger partial charge on any atom is -0.386 e. The zero-order valence-electron chi connectivity index (χ0n) is 8.97. The van der Waals surface area contributed by atoms with Crippen LogP contribution in [0.25, 0.3) is 0 Å². The van der Waals surface area contributed by atoms with Crippen molar-refractivity contribution < 1.29 is 5.11 Å². The number of aliphatic hydroxyl groups excluding tert-OH is 1. The van der Waals surface area contributed by atoms with Gasteiger partial charge in [0.05, 0.1) is 0 Å². The second-order valence-corrected chi connectivity index (χ2v) is 7.54. The standard InChI is InChI=1S/C11H16OS3/c1-7-3-4-14-10(7)9(12)11-8(2)13-5-6-15-11/h3-4,8-9,11-12H,5-6H2,1-2H3. The Bertz CT molecular complexity index is 323. The average molecular weight is 260 g/mol. The highest BCUT2D eigenvalue weighted by molar-refractivity contribution is 8.07. The van der Waals surface area contributed by atoms with Gasteiger partial charge in [0.2, 0.25) is 0 Å². The van der Waals surface area contributed by atoms with Crippen molar-refractivity contribution in [3.8, 4) is 0 Å². The van der Waals surface area contributed by atoms with Crippen LogP contribution in [0, 0.1) is 6.92 Å². The predicted molar refractivity (Wildman–Crippen MR) is 72.2 cm³/mol. The summed E-state index contributed by atoms with van der Waals surface area (Å²) >= 11 is 5.58. The zero-order chi connectivity index (χ0) is 10.8. The van der Waals surface area contributed by atoms with Gasteiger partial charge in [0.1, 0.15) is 6.10 Å². The molecule has 4 heteroatoms. The van der Waals surface area contributed by atoms with Crippen LogP contribution in [0.5, 0.6) is 0 Å². The molecule has 15 heavy (non-hydrogen) atoms. The molecule has 1 aromatic heterocycles. The van der Waals surface area contributed by atoms with Crippen LogP contribution in [0.2, 0.25) is 0 Å². The maximum atomic E-state index is 10.4. The maximum Gasteiger partial charge on any atom is 0.101 e. The number of thiophene rings is 1. The lowest BCUT2D eigenvalue weighted by Gasteiger charge is -2.31. The van der Waals surface area contributed by atoms with Crippen LogP contribution in [-0.4, -0.2) is 27.1 Å². The van der Waals surface area contributed by atoms with E-state index in [1.165, 1.54) is 17.1 Å². The quantitative estimate of drug-likeness (QED) is 0.881. The Morgan fingerprint density at radius 3 is 2.73 bits per heavy atom. The number of rotatable bonds is 2. The van der Waals surface area contributed by atoms with Gasteiger partial charge in [-0.05, 0) is 23.9 Å². The normalized spacial score (nSPS) is 29.0. The van der Waals surface area contributed by atoms with Gasteiger partial charge in [-0.3, -0.25) is 0 Å². The molecule has 0 aromatic carbocycles. The van der Waals surface area contributed by atoms with Crippen LogP contribution in [0.3, 0.4) is 0 Å². The average Bonchev–Trinajstić information content (AvgIpc) is 2.64. The van der Waals surface area contributed by atoms with Gasteiger partial charge in [0.15, 0.2) is 0 Å². The lowest BCUT2D eigenvalue weighted by atomic mass is 10.1. The summed E-state index contributed by atoms with van der Waals surface area (Å²) in [7, 11) is 0. The van der Waals surface area contributed by atoms with E-state index in [2.05, 4.69) is 25.3 Å². The fourth-order valence-electron chi connectivity index (χ4n) is 1.83. The molecular formula is C11H16OS3. The molecule has 0 aliphatic carbocycles. The molecule has 0 bridgehead atoms. The van der Waals surface area contributed by atoms with E-state index in [1.54, 1.807) is 11.3 Å². The van der Waals surface area contributed by atoms with E-state index in [4.69, 9.17) is 0 Å². The van der Waals surface area contributed by atoms with Gasteiger partial charge in [-0.25, -0.2) is 0 Å². The SMILES string of the molecule is Cc1ccsc1C(O)C1SCCSC1C. The molecule has 2 heterocycles. The van der Waals surface area contributed by atoms with Gasteiger partial charge < -0.3 is 5.11 Å². The monoisotopic (exact) mass is 260 g/mol. The third kappa shape index (κ3) is 2.54. The molecule has 1 saturated heterocycles. The molecular weight excluding hydrogens is 244 g/mol. The topological polar surface area (TPSA) is 20.2 Å². The molecule has 1 aliphatic rings. The Labute approximate surface area is 104 Å². The molecule has 1 aromatic rings. The Kier molecular flexibility index (Phi) is 4.04. The van der Waals surface area contributed by atoms with Crippen molar-refractivity contribution in [1.29, 1.82) is 0 Å². The predicted octanol–water partition coefficient (Wildman–Crippen LogP) is 3.33. The van der Waals surface area contributed by atoms with Gasteiger partial charge in [0, 0.05) is 26.9 Å². The molecule has 0 spiro atoms. The summed E-state index contributed by atoms with van der Waals surface area (Å²) in [5, 5.41) is 13.3. The lowest BCUT2D eigenvalue weighted by Crippen LogP contribution is -2.29. The molecule has 84 valence electrons. The third-order valence-electron chi connectivity index (χ3n) is 2.72. The largest absolute Gasteiger partial charge is 0.386 e. The van der Waals surface area contributed by atoms with E-state index in [9.17, 15) is 5.11 Å². The number of thioether (sulfide) groups is 2. The van der Waals surface area contributed by atoms with E-state index < -0.39 is 0 Å². The van der Waals surface area contributed by atoms with E-state index in [-0.39, 0.29) is 6.10 Å². The summed E-state index contributed by atoms with van der Waals surface area (Å²) in [5.41, 5.74) is 1.23. The summed E-state index contributed by atoms with van der Waals surface area (Å²) in [4.78, 5) is 1.15. The van der Waals surface area contributed by atoms with Crippen molar-refractivity contribution in [3.05, 3.63) is 21.9 Å². The first-order valence-corrected chi connectivity index (χ1v) is 8.13. The Hall–Kier alpha value is 0.360. The van der Waals surface area contributed by atoms with Gasteiger partial charge in [-0.1, -0.05) is 6.92 Å². The van der Waals surface area contributed by atoms with Crippen molar-refractivity contribution in [2.75, 3.05) is 11.5 Å². The van der Waals surface area contributed by atoms with Gasteiger partial charge in [-0.2, -0.15) is 23.5 Å². The van der Waals surface area contributed by atoms with Crippen LogP contribution >= 0.6 is 34.9 Å². The molecule has 0 saturated carbocycles.